The van der Waals surface area contributed by atoms with E-state index in [1.165, 1.54) is 19.3 Å². The van der Waals surface area contributed by atoms with Crippen LogP contribution in [0, 0.1) is 11.8 Å². The summed E-state index contributed by atoms with van der Waals surface area (Å²) in [6.07, 6.45) is 9.03. The molecule has 1 aliphatic carbocycles. The van der Waals surface area contributed by atoms with Crippen LogP contribution in [0.15, 0.2) is 18.5 Å². The first kappa shape index (κ1) is 13.5. The van der Waals surface area contributed by atoms with Gasteiger partial charge in [0.25, 0.3) is 0 Å². The van der Waals surface area contributed by atoms with E-state index in [0.29, 0.717) is 23.9 Å². The highest BCUT2D eigenvalue weighted by Gasteiger charge is 2.42. The predicted octanol–water partition coefficient (Wildman–Crippen LogP) is 2.91. The van der Waals surface area contributed by atoms with Crippen LogP contribution in [-0.2, 0) is 4.74 Å². The zero-order valence-electron chi connectivity index (χ0n) is 13.3. The van der Waals surface area contributed by atoms with Gasteiger partial charge in [-0.2, -0.15) is 0 Å². The minimum atomic E-state index is 0.463. The molecular formula is C17H21N5O. The fourth-order valence-electron chi connectivity index (χ4n) is 4.50. The van der Waals surface area contributed by atoms with Crippen molar-refractivity contribution in [3.63, 3.8) is 0 Å². The lowest BCUT2D eigenvalue weighted by Crippen LogP contribution is -2.33. The molecule has 0 radical (unpaired) electrons. The summed E-state index contributed by atoms with van der Waals surface area (Å²) in [5.41, 5.74) is 2.80. The lowest BCUT2D eigenvalue weighted by molar-refractivity contribution is -0.0840. The number of hydrogen-bond donors (Lipinski definition) is 1. The summed E-state index contributed by atoms with van der Waals surface area (Å²) in [4.78, 5) is 7.60. The average Bonchev–Trinajstić information content (AvgIpc) is 3.21. The van der Waals surface area contributed by atoms with Crippen LogP contribution in [0.5, 0.6) is 0 Å². The van der Waals surface area contributed by atoms with E-state index >= 15 is 0 Å². The number of fused-ring (bicyclic) bond motifs is 3. The van der Waals surface area contributed by atoms with E-state index in [1.54, 1.807) is 6.20 Å². The first-order valence-electron chi connectivity index (χ1n) is 8.64. The number of aromatic amines is 1. The summed E-state index contributed by atoms with van der Waals surface area (Å²) in [6.45, 7) is 3.23. The maximum Gasteiger partial charge on any atom is 0.179 e. The molecule has 0 bridgehead atoms. The molecule has 1 saturated carbocycles. The van der Waals surface area contributed by atoms with Crippen molar-refractivity contribution >= 4 is 16.8 Å². The van der Waals surface area contributed by atoms with Crippen molar-refractivity contribution in [1.82, 2.24) is 24.6 Å². The Balaban J connectivity index is 1.59. The molecule has 0 aromatic carbocycles. The average molecular weight is 311 g/mol. The molecule has 3 aromatic rings. The summed E-state index contributed by atoms with van der Waals surface area (Å²) in [5.74, 6) is 2.90. The lowest BCUT2D eigenvalue weighted by Gasteiger charge is -2.32. The first-order valence-corrected chi connectivity index (χ1v) is 8.64. The fraction of sp³-hybridized carbons (Fsp3) is 0.588. The van der Waals surface area contributed by atoms with Gasteiger partial charge in [0.15, 0.2) is 11.3 Å². The molecule has 3 aromatic heterocycles. The van der Waals surface area contributed by atoms with Crippen LogP contribution in [0.1, 0.15) is 44.3 Å². The van der Waals surface area contributed by atoms with Gasteiger partial charge >= 0.3 is 0 Å². The minimum Gasteiger partial charge on any atom is -0.378 e. The molecule has 23 heavy (non-hydrogen) atoms. The third-order valence-corrected chi connectivity index (χ3v) is 5.81. The lowest BCUT2D eigenvalue weighted by atomic mass is 9.93. The first-order chi connectivity index (χ1) is 11.3. The Kier molecular flexibility index (Phi) is 2.95. The van der Waals surface area contributed by atoms with Crippen molar-refractivity contribution in [2.75, 3.05) is 6.61 Å². The van der Waals surface area contributed by atoms with E-state index in [-0.39, 0.29) is 0 Å². The quantitative estimate of drug-likeness (QED) is 0.807. The Morgan fingerprint density at radius 3 is 3.04 bits per heavy atom. The molecule has 5 rings (SSSR count). The molecule has 2 fully saturated rings. The van der Waals surface area contributed by atoms with Gasteiger partial charge in [0.05, 0.1) is 17.8 Å². The number of nitrogens with one attached hydrogen (secondary N) is 1. The van der Waals surface area contributed by atoms with Crippen molar-refractivity contribution in [3.8, 4) is 0 Å². The van der Waals surface area contributed by atoms with Gasteiger partial charge in [0.2, 0.25) is 0 Å². The smallest absolute Gasteiger partial charge is 0.179 e. The maximum atomic E-state index is 5.76. The Bertz CT molecular complexity index is 849. The normalized spacial score (nSPS) is 31.0. The van der Waals surface area contributed by atoms with Gasteiger partial charge in [-0.1, -0.05) is 13.3 Å². The SMILES string of the molecule is CC[C@@H]1C[C@H](C2CCO2)C[C@@H]1c1nnc2cnc3[nH]ccc3n12. The molecule has 4 heterocycles. The van der Waals surface area contributed by atoms with Gasteiger partial charge in [-0.3, -0.25) is 4.40 Å². The van der Waals surface area contributed by atoms with E-state index in [2.05, 4.69) is 37.6 Å². The van der Waals surface area contributed by atoms with Crippen molar-refractivity contribution < 1.29 is 4.74 Å². The highest BCUT2D eigenvalue weighted by atomic mass is 16.5. The number of nitrogens with zero attached hydrogens (tertiary/aromatic N) is 4. The third-order valence-electron chi connectivity index (χ3n) is 5.81. The monoisotopic (exact) mass is 311 g/mol. The molecule has 0 spiro atoms. The van der Waals surface area contributed by atoms with Crippen molar-refractivity contribution in [1.29, 1.82) is 0 Å². The van der Waals surface area contributed by atoms with Gasteiger partial charge in [0.1, 0.15) is 5.82 Å². The number of rotatable bonds is 3. The minimum absolute atomic E-state index is 0.463. The number of aromatic nitrogens is 5. The molecule has 2 aliphatic rings. The molecule has 1 saturated heterocycles. The second-order valence-electron chi connectivity index (χ2n) is 6.93. The van der Waals surface area contributed by atoms with E-state index in [4.69, 9.17) is 4.74 Å². The molecule has 1 aliphatic heterocycles. The fourth-order valence-corrected chi connectivity index (χ4v) is 4.50. The summed E-state index contributed by atoms with van der Waals surface area (Å²) in [7, 11) is 0. The molecule has 1 N–H and O–H groups in total. The van der Waals surface area contributed by atoms with E-state index < -0.39 is 0 Å². The number of ether oxygens (including phenoxy) is 1. The standard InChI is InChI=1S/C17H21N5O/c1-2-10-7-11(14-4-6-23-14)8-12(10)17-21-20-15-9-19-16-13(22(15)17)3-5-18-16/h3,5,9-12,14,18H,2,4,6-8H2,1H3/t10-,11+,12+,14?/m1/s1. The zero-order chi connectivity index (χ0) is 15.4. The molecular weight excluding hydrogens is 290 g/mol. The zero-order valence-corrected chi connectivity index (χ0v) is 13.3. The molecule has 1 unspecified atom stereocenters. The van der Waals surface area contributed by atoms with Crippen molar-refractivity contribution in [2.45, 2.75) is 44.6 Å². The van der Waals surface area contributed by atoms with Gasteiger partial charge in [0, 0.05) is 18.7 Å². The Labute approximate surface area is 134 Å². The van der Waals surface area contributed by atoms with E-state index in [9.17, 15) is 0 Å². The van der Waals surface area contributed by atoms with Gasteiger partial charge in [-0.15, -0.1) is 10.2 Å². The second-order valence-corrected chi connectivity index (χ2v) is 6.93. The summed E-state index contributed by atoms with van der Waals surface area (Å²) in [6, 6.07) is 2.06. The van der Waals surface area contributed by atoms with Gasteiger partial charge in [-0.25, -0.2) is 4.98 Å². The second kappa shape index (κ2) is 5.03. The van der Waals surface area contributed by atoms with E-state index in [0.717, 1.165) is 35.7 Å². The topological polar surface area (TPSA) is 68.1 Å². The predicted molar refractivity (Wildman–Crippen MR) is 86.2 cm³/mol. The van der Waals surface area contributed by atoms with Crippen LogP contribution in [-0.4, -0.2) is 37.3 Å². The largest absolute Gasteiger partial charge is 0.378 e. The Morgan fingerprint density at radius 1 is 1.35 bits per heavy atom. The van der Waals surface area contributed by atoms with Crippen molar-refractivity contribution in [3.05, 3.63) is 24.3 Å². The molecule has 4 atom stereocenters. The van der Waals surface area contributed by atoms with Crippen molar-refractivity contribution in [2.24, 2.45) is 11.8 Å². The van der Waals surface area contributed by atoms with Crippen LogP contribution in [0.25, 0.3) is 16.8 Å². The Morgan fingerprint density at radius 2 is 2.26 bits per heavy atom. The van der Waals surface area contributed by atoms with Crippen LogP contribution in [0.3, 0.4) is 0 Å². The third kappa shape index (κ3) is 1.94. The summed E-state index contributed by atoms with van der Waals surface area (Å²) in [5, 5.41) is 8.93. The van der Waals surface area contributed by atoms with Crippen LogP contribution in [0.2, 0.25) is 0 Å². The maximum absolute atomic E-state index is 5.76. The summed E-state index contributed by atoms with van der Waals surface area (Å²) < 4.78 is 7.95. The summed E-state index contributed by atoms with van der Waals surface area (Å²) >= 11 is 0. The molecule has 120 valence electrons. The highest BCUT2D eigenvalue weighted by Crippen LogP contribution is 2.47. The van der Waals surface area contributed by atoms with Gasteiger partial charge in [-0.05, 0) is 37.2 Å². The van der Waals surface area contributed by atoms with Crippen LogP contribution >= 0.6 is 0 Å². The van der Waals surface area contributed by atoms with Crippen LogP contribution < -0.4 is 0 Å². The van der Waals surface area contributed by atoms with Crippen LogP contribution in [0.4, 0.5) is 0 Å². The van der Waals surface area contributed by atoms with Gasteiger partial charge < -0.3 is 9.72 Å². The highest BCUT2D eigenvalue weighted by molar-refractivity contribution is 5.74. The molecule has 6 nitrogen and oxygen atoms in total. The van der Waals surface area contributed by atoms with E-state index in [1.807, 2.05) is 6.20 Å². The number of hydrogen-bond acceptors (Lipinski definition) is 4. The molecule has 0 amide bonds. The molecule has 6 heteroatoms. The Hall–Kier alpha value is -1.95. The number of H-pyrrole nitrogens is 1.